The normalized spacial score (nSPS) is 32.3. The Labute approximate surface area is 465 Å². The molecule has 0 radical (unpaired) electrons. The molecular weight excluding hydrogens is 1060 g/mol. The number of ether oxygens (including phenoxy) is 10. The summed E-state index contributed by atoms with van der Waals surface area (Å²) in [6, 6.07) is -2.60. The number of hydrogen-bond acceptors (Lipinski definition) is 23. The van der Waals surface area contributed by atoms with Crippen LogP contribution in [-0.4, -0.2) is 227 Å². The van der Waals surface area contributed by atoms with Gasteiger partial charge in [0.2, 0.25) is 12.2 Å². The van der Waals surface area contributed by atoms with E-state index in [0.29, 0.717) is 6.42 Å². The smallest absolute Gasteiger partial charge is 0.330 e. The fourth-order valence-corrected chi connectivity index (χ4v) is 11.0. The van der Waals surface area contributed by atoms with Crippen molar-refractivity contribution in [3.05, 3.63) is 33.1 Å². The number of nitrogens with one attached hydrogen (secondary N) is 1. The summed E-state index contributed by atoms with van der Waals surface area (Å²) in [5, 5.41) is 55.2. The molecular formula is C53H87N5O22. The minimum atomic E-state index is -1.97. The number of aromatic amines is 1. The number of unbranched alkanes of at least 4 members (excludes halogenated alkanes) is 10. The molecule has 5 rings (SSSR count). The molecule has 80 heavy (non-hydrogen) atoms. The zero-order valence-electron chi connectivity index (χ0n) is 47.2. The molecule has 0 saturated carbocycles. The van der Waals surface area contributed by atoms with Crippen molar-refractivity contribution in [2.24, 2.45) is 11.7 Å². The van der Waals surface area contributed by atoms with E-state index in [1.807, 2.05) is 4.98 Å². The van der Waals surface area contributed by atoms with Crippen molar-refractivity contribution < 1.29 is 96.9 Å². The van der Waals surface area contributed by atoms with Gasteiger partial charge in [0.15, 0.2) is 18.6 Å². The van der Waals surface area contributed by atoms with Gasteiger partial charge in [-0.1, -0.05) is 78.1 Å². The number of aliphatic hydroxyl groups is 4. The molecule has 5 heterocycles. The van der Waals surface area contributed by atoms with Crippen molar-refractivity contribution in [1.29, 1.82) is 0 Å². The SMILES string of the molecule is CCCCCCCCCCCCCC(CC(=O)OC1CN(C)C(C(OC2OC(CN)C(O)C2O)C2OC(n3ccc(=O)[nH]c3=O)C(O)C2O)C(=O)N(C)C1C(=O)O)OC(=O)CC(C)CC(=O)OC1OC(C)C(OC)C(OC)C1OC. The number of carbonyl (C=O) groups is 5. The number of nitrogens with two attached hydrogens (primary N) is 1. The van der Waals surface area contributed by atoms with E-state index in [4.69, 9.17) is 53.1 Å². The maximum absolute atomic E-state index is 14.7. The number of amides is 1. The van der Waals surface area contributed by atoms with Crippen LogP contribution in [0.25, 0.3) is 0 Å². The number of nitrogens with zero attached hydrogens (tertiary/aromatic N) is 3. The van der Waals surface area contributed by atoms with Crippen LogP contribution < -0.4 is 17.0 Å². The molecule has 4 aliphatic heterocycles. The maximum atomic E-state index is 14.7. The number of aliphatic carboxylic acids is 1. The Balaban J connectivity index is 1.32. The summed E-state index contributed by atoms with van der Waals surface area (Å²) in [4.78, 5) is 97.6. The summed E-state index contributed by atoms with van der Waals surface area (Å²) in [7, 11) is 6.88. The molecule has 1 aromatic heterocycles. The van der Waals surface area contributed by atoms with Gasteiger partial charge in [0.25, 0.3) is 5.56 Å². The van der Waals surface area contributed by atoms with Gasteiger partial charge in [0.05, 0.1) is 12.5 Å². The molecule has 0 bridgehead atoms. The molecule has 19 unspecified atom stereocenters. The van der Waals surface area contributed by atoms with Crippen LogP contribution in [0.4, 0.5) is 0 Å². The number of methoxy groups -OCH3 is 3. The molecule has 0 aromatic carbocycles. The summed E-state index contributed by atoms with van der Waals surface area (Å²) >= 11 is 0. The topological polar surface area (TPSA) is 366 Å². The van der Waals surface area contributed by atoms with Gasteiger partial charge in [-0.3, -0.25) is 38.4 Å². The quantitative estimate of drug-likeness (QED) is 0.0288. The van der Waals surface area contributed by atoms with E-state index in [0.717, 1.165) is 60.9 Å². The van der Waals surface area contributed by atoms with Gasteiger partial charge in [-0.05, 0) is 32.7 Å². The van der Waals surface area contributed by atoms with Crippen LogP contribution in [0.2, 0.25) is 0 Å². The highest BCUT2D eigenvalue weighted by molar-refractivity contribution is 5.88. The van der Waals surface area contributed by atoms with Gasteiger partial charge >= 0.3 is 29.6 Å². The number of esters is 3. The summed E-state index contributed by atoms with van der Waals surface area (Å²) < 4.78 is 58.8. The van der Waals surface area contributed by atoms with E-state index in [9.17, 15) is 59.1 Å². The number of rotatable bonds is 31. The van der Waals surface area contributed by atoms with Crippen molar-refractivity contribution >= 4 is 29.8 Å². The highest BCUT2D eigenvalue weighted by atomic mass is 16.7. The first-order valence-electron chi connectivity index (χ1n) is 27.8. The predicted octanol–water partition coefficient (Wildman–Crippen LogP) is -0.164. The Kier molecular flexibility index (Phi) is 26.4. The van der Waals surface area contributed by atoms with Crippen LogP contribution in [0.3, 0.4) is 0 Å². The second-order valence-electron chi connectivity index (χ2n) is 21.4. The fourth-order valence-electron chi connectivity index (χ4n) is 11.0. The van der Waals surface area contributed by atoms with Crippen molar-refractivity contribution in [2.75, 3.05) is 48.5 Å². The predicted molar refractivity (Wildman–Crippen MR) is 279 cm³/mol. The highest BCUT2D eigenvalue weighted by Gasteiger charge is 2.57. The largest absolute Gasteiger partial charge is 0.480 e. The molecule has 0 aliphatic carbocycles. The Morgan fingerprint density at radius 1 is 0.750 bits per heavy atom. The molecule has 8 N–H and O–H groups in total. The monoisotopic (exact) mass is 1150 g/mol. The van der Waals surface area contributed by atoms with Gasteiger partial charge in [-0.2, -0.15) is 0 Å². The highest BCUT2D eigenvalue weighted by Crippen LogP contribution is 2.37. The Morgan fingerprint density at radius 3 is 1.93 bits per heavy atom. The first kappa shape index (κ1) is 66.3. The van der Waals surface area contributed by atoms with E-state index in [1.165, 1.54) is 65.4 Å². The number of carboxylic acid groups (broad SMARTS) is 1. The third kappa shape index (κ3) is 17.3. The lowest BCUT2D eigenvalue weighted by atomic mass is 9.97. The summed E-state index contributed by atoms with van der Waals surface area (Å²) in [5.41, 5.74) is 3.95. The first-order valence-corrected chi connectivity index (χ1v) is 27.8. The lowest BCUT2D eigenvalue weighted by Crippen LogP contribution is -2.59. The van der Waals surface area contributed by atoms with E-state index in [2.05, 4.69) is 6.92 Å². The second-order valence-corrected chi connectivity index (χ2v) is 21.4. The number of aliphatic hydroxyl groups excluding tert-OH is 4. The third-order valence-corrected chi connectivity index (χ3v) is 15.4. The van der Waals surface area contributed by atoms with Gasteiger partial charge in [-0.25, -0.2) is 9.59 Å². The lowest BCUT2D eigenvalue weighted by Gasteiger charge is -2.43. The Hall–Kier alpha value is -4.49. The van der Waals surface area contributed by atoms with E-state index in [-0.39, 0.29) is 25.8 Å². The van der Waals surface area contributed by atoms with Crippen LogP contribution in [0.15, 0.2) is 21.9 Å². The summed E-state index contributed by atoms with van der Waals surface area (Å²) in [6.45, 7) is 4.78. The van der Waals surface area contributed by atoms with Crippen molar-refractivity contribution in [3.8, 4) is 0 Å². The first-order chi connectivity index (χ1) is 38.1. The maximum Gasteiger partial charge on any atom is 0.330 e. The van der Waals surface area contributed by atoms with Crippen LogP contribution in [0, 0.1) is 5.92 Å². The molecule has 27 heteroatoms. The molecule has 0 spiro atoms. The third-order valence-electron chi connectivity index (χ3n) is 15.4. The molecule has 1 aromatic rings. The second kappa shape index (κ2) is 31.8. The number of H-pyrrole nitrogens is 1. The van der Waals surface area contributed by atoms with Crippen molar-refractivity contribution in [1.82, 2.24) is 19.4 Å². The number of aromatic nitrogens is 2. The summed E-state index contributed by atoms with van der Waals surface area (Å²) in [6.07, 6.45) is -10.1. The Morgan fingerprint density at radius 2 is 1.35 bits per heavy atom. The minimum absolute atomic E-state index is 0.214. The van der Waals surface area contributed by atoms with Crippen LogP contribution >= 0.6 is 0 Å². The average Bonchev–Trinajstić information content (AvgIpc) is 3.90. The van der Waals surface area contributed by atoms with Crippen LogP contribution in [-0.2, 0) is 71.3 Å². The lowest BCUT2D eigenvalue weighted by molar-refractivity contribution is -0.297. The van der Waals surface area contributed by atoms with E-state index < -0.39 is 170 Å². The van der Waals surface area contributed by atoms with Gasteiger partial charge in [-0.15, -0.1) is 0 Å². The molecule has 27 nitrogen and oxygen atoms in total. The van der Waals surface area contributed by atoms with Gasteiger partial charge in [0, 0.05) is 66.6 Å². The van der Waals surface area contributed by atoms with Crippen molar-refractivity contribution in [2.45, 2.75) is 227 Å². The zero-order chi connectivity index (χ0) is 59.0. The molecule has 4 aliphatic rings. The standard InChI is InChI=1S/C53H87N5O22/c1-9-10-11-12-13-14-15-16-17-18-19-20-30(75-34(60)23-28(2)24-35(61)78-52-47(73-8)46(72-7)43(71-6)29(3)74-52)25-36(62)76-32-27-56(4)38(48(67)57(5)37(32)50(68)69)44(80-51-42(66)39(63)31(26-54)77-51)45-40(64)41(65)49(79-45)58-22-21-33(59)55-53(58)70/h21-22,28-32,37-47,49,51-52,63-66H,9-20,23-27,54H2,1-8H3,(H,68,69)(H,55,59,70). The fraction of sp³-hybridized carbons (Fsp3) is 0.830. The van der Waals surface area contributed by atoms with Crippen molar-refractivity contribution in [3.63, 3.8) is 0 Å². The molecule has 4 saturated heterocycles. The molecule has 19 atom stereocenters. The number of hydrogen-bond donors (Lipinski definition) is 7. The molecule has 456 valence electrons. The molecule has 4 fully saturated rings. The average molecular weight is 1150 g/mol. The van der Waals surface area contributed by atoms with E-state index >= 15 is 0 Å². The number of carboxylic acids is 1. The van der Waals surface area contributed by atoms with Gasteiger partial charge < -0.3 is 83.5 Å². The van der Waals surface area contributed by atoms with Gasteiger partial charge in [0.1, 0.15) is 79.3 Å². The van der Waals surface area contributed by atoms with Crippen LogP contribution in [0.1, 0.15) is 123 Å². The Bertz CT molecular complexity index is 2260. The number of likely N-dealkylation sites (N-methyl/N-ethyl adjacent to an activating group) is 2. The summed E-state index contributed by atoms with van der Waals surface area (Å²) in [5.74, 6) is -5.57. The minimum Gasteiger partial charge on any atom is -0.480 e. The number of carbonyl (C=O) groups excluding carboxylic acids is 4. The molecule has 1 amide bonds. The van der Waals surface area contributed by atoms with Crippen LogP contribution in [0.5, 0.6) is 0 Å². The zero-order valence-corrected chi connectivity index (χ0v) is 47.2. The van der Waals surface area contributed by atoms with E-state index in [1.54, 1.807) is 13.8 Å².